The van der Waals surface area contributed by atoms with Gasteiger partial charge in [-0.2, -0.15) is 4.37 Å². The number of carbonyl (C=O) groups excluding carboxylic acids is 1. The van der Waals surface area contributed by atoms with Crippen LogP contribution in [0.4, 0.5) is 10.8 Å². The molecule has 1 aliphatic rings. The first kappa shape index (κ1) is 16.1. The van der Waals surface area contributed by atoms with Crippen LogP contribution in [0, 0.1) is 0 Å². The molecule has 1 amide bonds. The number of nitrogens with zero attached hydrogens (tertiary/aromatic N) is 1. The fourth-order valence-corrected chi connectivity index (χ4v) is 2.97. The molecule has 1 fully saturated rings. The molecule has 1 aromatic rings. The van der Waals surface area contributed by atoms with Gasteiger partial charge in [0.15, 0.2) is 5.82 Å². The fraction of sp³-hybridized carbons (Fsp3) is 0.733. The van der Waals surface area contributed by atoms with Crippen LogP contribution in [0.25, 0.3) is 0 Å². The Kier molecular flexibility index (Phi) is 6.29. The molecule has 6 heteroatoms. The number of unbranched alkanes of at least 4 members (excludes halogenated alkanes) is 5. The molecule has 0 spiro atoms. The minimum atomic E-state index is -0.0887. The zero-order valence-corrected chi connectivity index (χ0v) is 13.6. The van der Waals surface area contributed by atoms with Gasteiger partial charge >= 0.3 is 0 Å². The third-order valence-electron chi connectivity index (χ3n) is 3.67. The molecule has 0 aromatic carbocycles. The number of nitrogens with one attached hydrogen (secondary N) is 2. The Bertz CT molecular complexity index is 457. The van der Waals surface area contributed by atoms with Crippen LogP contribution >= 0.6 is 11.5 Å². The molecule has 1 aromatic heterocycles. The van der Waals surface area contributed by atoms with Gasteiger partial charge in [-0.15, -0.1) is 0 Å². The van der Waals surface area contributed by atoms with Gasteiger partial charge in [-0.25, -0.2) is 0 Å². The molecule has 1 aliphatic carbocycles. The van der Waals surface area contributed by atoms with Crippen molar-refractivity contribution in [3.63, 3.8) is 0 Å². The molecule has 0 unspecified atom stereocenters. The van der Waals surface area contributed by atoms with Crippen LogP contribution in [0.1, 0.15) is 68.6 Å². The maximum Gasteiger partial charge on any atom is 0.258 e. The number of carbonyl (C=O) groups is 1. The van der Waals surface area contributed by atoms with Gasteiger partial charge in [0.1, 0.15) is 10.6 Å². The molecule has 4 N–H and O–H groups in total. The van der Waals surface area contributed by atoms with Gasteiger partial charge in [0, 0.05) is 12.6 Å². The molecule has 1 saturated carbocycles. The number of rotatable bonds is 10. The van der Waals surface area contributed by atoms with Gasteiger partial charge in [0.25, 0.3) is 5.91 Å². The number of aromatic nitrogens is 1. The van der Waals surface area contributed by atoms with Crippen molar-refractivity contribution in [2.45, 2.75) is 64.3 Å². The van der Waals surface area contributed by atoms with Crippen molar-refractivity contribution in [3.8, 4) is 0 Å². The zero-order valence-electron chi connectivity index (χ0n) is 12.8. The molecule has 21 heavy (non-hydrogen) atoms. The first-order chi connectivity index (χ1) is 10.2. The van der Waals surface area contributed by atoms with E-state index in [1.165, 1.54) is 43.6 Å². The minimum Gasteiger partial charge on any atom is -0.382 e. The van der Waals surface area contributed by atoms with E-state index in [0.717, 1.165) is 30.8 Å². The van der Waals surface area contributed by atoms with E-state index in [2.05, 4.69) is 21.9 Å². The highest BCUT2D eigenvalue weighted by Crippen LogP contribution is 2.28. The van der Waals surface area contributed by atoms with Gasteiger partial charge in [0.2, 0.25) is 0 Å². The Morgan fingerprint density at radius 2 is 2.00 bits per heavy atom. The lowest BCUT2D eigenvalue weighted by molar-refractivity contribution is 0.0953. The molecule has 2 rings (SSSR count). The van der Waals surface area contributed by atoms with Crippen molar-refractivity contribution in [3.05, 3.63) is 5.56 Å². The molecule has 5 nitrogen and oxygen atoms in total. The van der Waals surface area contributed by atoms with Crippen molar-refractivity contribution in [1.29, 1.82) is 0 Å². The van der Waals surface area contributed by atoms with Crippen LogP contribution in [-0.4, -0.2) is 22.9 Å². The summed E-state index contributed by atoms with van der Waals surface area (Å²) in [6.45, 7) is 3.10. The summed E-state index contributed by atoms with van der Waals surface area (Å²) in [7, 11) is 0. The first-order valence-electron chi connectivity index (χ1n) is 8.02. The van der Waals surface area contributed by atoms with E-state index in [1.54, 1.807) is 0 Å². The maximum absolute atomic E-state index is 12.1. The van der Waals surface area contributed by atoms with Crippen molar-refractivity contribution in [2.75, 3.05) is 17.6 Å². The van der Waals surface area contributed by atoms with Crippen LogP contribution in [0.3, 0.4) is 0 Å². The SMILES string of the molecule is CCCCCCCCNc1snc(N)c1C(=O)NC1CC1. The number of amides is 1. The molecule has 0 bridgehead atoms. The van der Waals surface area contributed by atoms with Crippen molar-refractivity contribution in [1.82, 2.24) is 9.69 Å². The van der Waals surface area contributed by atoms with Gasteiger partial charge in [-0.1, -0.05) is 39.0 Å². The van der Waals surface area contributed by atoms with Crippen LogP contribution in [0.15, 0.2) is 0 Å². The molecular formula is C15H26N4OS. The number of hydrogen-bond acceptors (Lipinski definition) is 5. The quantitative estimate of drug-likeness (QED) is 0.579. The van der Waals surface area contributed by atoms with E-state index < -0.39 is 0 Å². The Morgan fingerprint density at radius 3 is 2.71 bits per heavy atom. The van der Waals surface area contributed by atoms with E-state index in [-0.39, 0.29) is 5.91 Å². The van der Waals surface area contributed by atoms with Gasteiger partial charge in [-0.05, 0) is 30.8 Å². The molecule has 1 heterocycles. The molecule has 0 atom stereocenters. The third kappa shape index (κ3) is 5.19. The standard InChI is InChI=1S/C15H26N4OS/c1-2-3-4-5-6-7-10-17-15-12(13(16)19-21-15)14(20)18-11-8-9-11/h11,17H,2-10H2,1H3,(H2,16,19)(H,18,20). The summed E-state index contributed by atoms with van der Waals surface area (Å²) in [5.74, 6) is 0.248. The summed E-state index contributed by atoms with van der Waals surface area (Å²) in [5, 5.41) is 7.09. The number of nitrogen functional groups attached to an aromatic ring is 1. The van der Waals surface area contributed by atoms with Crippen molar-refractivity contribution in [2.24, 2.45) is 0 Å². The Balaban J connectivity index is 1.73. The topological polar surface area (TPSA) is 80.0 Å². The van der Waals surface area contributed by atoms with E-state index in [4.69, 9.17) is 5.73 Å². The van der Waals surface area contributed by atoms with Crippen molar-refractivity contribution >= 4 is 28.3 Å². The second-order valence-electron chi connectivity index (χ2n) is 5.71. The molecule has 0 radical (unpaired) electrons. The lowest BCUT2D eigenvalue weighted by Crippen LogP contribution is -2.26. The summed E-state index contributed by atoms with van der Waals surface area (Å²) in [4.78, 5) is 12.1. The largest absolute Gasteiger partial charge is 0.382 e. The van der Waals surface area contributed by atoms with E-state index in [9.17, 15) is 4.79 Å². The Hall–Kier alpha value is -1.30. The van der Waals surface area contributed by atoms with Crippen LogP contribution in [-0.2, 0) is 0 Å². The number of nitrogens with two attached hydrogens (primary N) is 1. The fourth-order valence-electron chi connectivity index (χ4n) is 2.24. The maximum atomic E-state index is 12.1. The minimum absolute atomic E-state index is 0.0887. The summed E-state index contributed by atoms with van der Waals surface area (Å²) >= 11 is 1.28. The smallest absolute Gasteiger partial charge is 0.258 e. The average molecular weight is 310 g/mol. The predicted octanol–water partition coefficient (Wildman–Crippen LogP) is 3.39. The van der Waals surface area contributed by atoms with Gasteiger partial charge in [-0.3, -0.25) is 4.79 Å². The van der Waals surface area contributed by atoms with Gasteiger partial charge in [0.05, 0.1) is 0 Å². The second-order valence-corrected chi connectivity index (χ2v) is 6.49. The Labute approximate surface area is 130 Å². The average Bonchev–Trinajstić information content (AvgIpc) is 3.19. The lowest BCUT2D eigenvalue weighted by Gasteiger charge is -2.07. The predicted molar refractivity (Wildman–Crippen MR) is 88.9 cm³/mol. The summed E-state index contributed by atoms with van der Waals surface area (Å²) in [6.07, 6.45) is 9.69. The van der Waals surface area contributed by atoms with Gasteiger partial charge < -0.3 is 16.4 Å². The van der Waals surface area contributed by atoms with E-state index in [1.807, 2.05) is 0 Å². The number of hydrogen-bond donors (Lipinski definition) is 3. The highest BCUT2D eigenvalue weighted by atomic mass is 32.1. The Morgan fingerprint density at radius 1 is 1.29 bits per heavy atom. The summed E-state index contributed by atoms with van der Waals surface area (Å²) < 4.78 is 4.10. The van der Waals surface area contributed by atoms with Crippen LogP contribution in [0.5, 0.6) is 0 Å². The van der Waals surface area contributed by atoms with E-state index in [0.29, 0.717) is 17.4 Å². The highest BCUT2D eigenvalue weighted by molar-refractivity contribution is 7.11. The van der Waals surface area contributed by atoms with Crippen LogP contribution in [0.2, 0.25) is 0 Å². The monoisotopic (exact) mass is 310 g/mol. The molecule has 0 saturated heterocycles. The lowest BCUT2D eigenvalue weighted by atomic mass is 10.1. The molecular weight excluding hydrogens is 284 g/mol. The third-order valence-corrected chi connectivity index (χ3v) is 4.49. The highest BCUT2D eigenvalue weighted by Gasteiger charge is 2.27. The van der Waals surface area contributed by atoms with Crippen molar-refractivity contribution < 1.29 is 4.79 Å². The zero-order chi connectivity index (χ0) is 15.1. The second kappa shape index (κ2) is 8.22. The summed E-state index contributed by atoms with van der Waals surface area (Å²) in [5.41, 5.74) is 6.35. The number of anilines is 2. The molecule has 0 aliphatic heterocycles. The van der Waals surface area contributed by atoms with E-state index >= 15 is 0 Å². The van der Waals surface area contributed by atoms with Crippen LogP contribution < -0.4 is 16.4 Å². The normalized spacial score (nSPS) is 14.1. The summed E-state index contributed by atoms with van der Waals surface area (Å²) in [6, 6.07) is 0.336. The first-order valence-corrected chi connectivity index (χ1v) is 8.79. The molecule has 118 valence electrons.